The summed E-state index contributed by atoms with van der Waals surface area (Å²) in [5.74, 6) is 0.940. The monoisotopic (exact) mass is 324 g/mol. The highest BCUT2D eigenvalue weighted by molar-refractivity contribution is 5.13. The molecule has 6 atom stereocenters. The van der Waals surface area contributed by atoms with Crippen LogP contribution in [0.3, 0.4) is 0 Å². The van der Waals surface area contributed by atoms with E-state index in [2.05, 4.69) is 27.7 Å². The van der Waals surface area contributed by atoms with Crippen molar-refractivity contribution in [3.8, 4) is 0 Å². The summed E-state index contributed by atoms with van der Waals surface area (Å²) in [6.45, 7) is 8.91. The minimum absolute atomic E-state index is 0.00919. The SMILES string of the molecule is CC1(C(O)CO)CCC2(C)C(CCC3(O)C2CCCC3(C)C)C1. The first-order valence-electron chi connectivity index (χ1n) is 9.60. The van der Waals surface area contributed by atoms with Crippen molar-refractivity contribution in [2.24, 2.45) is 28.1 Å². The van der Waals surface area contributed by atoms with Crippen LogP contribution in [0.5, 0.6) is 0 Å². The van der Waals surface area contributed by atoms with Crippen molar-refractivity contribution in [3.63, 3.8) is 0 Å². The molecule has 3 rings (SSSR count). The lowest BCUT2D eigenvalue weighted by Crippen LogP contribution is -2.64. The van der Waals surface area contributed by atoms with Crippen molar-refractivity contribution in [2.45, 2.75) is 90.8 Å². The van der Waals surface area contributed by atoms with Crippen molar-refractivity contribution in [2.75, 3.05) is 6.61 Å². The predicted molar refractivity (Wildman–Crippen MR) is 92.0 cm³/mol. The summed E-state index contributed by atoms with van der Waals surface area (Å²) in [6, 6.07) is 0. The van der Waals surface area contributed by atoms with Crippen molar-refractivity contribution in [1.82, 2.24) is 0 Å². The zero-order chi connectivity index (χ0) is 17.1. The van der Waals surface area contributed by atoms with Gasteiger partial charge in [-0.2, -0.15) is 0 Å². The maximum Gasteiger partial charge on any atom is 0.0824 e. The number of fused-ring (bicyclic) bond motifs is 3. The molecular formula is C20H36O3. The summed E-state index contributed by atoms with van der Waals surface area (Å²) >= 11 is 0. The topological polar surface area (TPSA) is 60.7 Å². The van der Waals surface area contributed by atoms with Gasteiger partial charge in [0.15, 0.2) is 0 Å². The lowest BCUT2D eigenvalue weighted by molar-refractivity contribution is -0.231. The Balaban J connectivity index is 1.89. The number of aliphatic hydroxyl groups is 3. The molecule has 0 saturated heterocycles. The Morgan fingerprint density at radius 2 is 1.70 bits per heavy atom. The van der Waals surface area contributed by atoms with Gasteiger partial charge in [-0.15, -0.1) is 0 Å². The smallest absolute Gasteiger partial charge is 0.0824 e. The van der Waals surface area contributed by atoms with Gasteiger partial charge in [-0.05, 0) is 73.0 Å². The van der Waals surface area contributed by atoms with Crippen molar-refractivity contribution in [3.05, 3.63) is 0 Å². The fourth-order valence-electron chi connectivity index (χ4n) is 6.53. The number of rotatable bonds is 2. The Hall–Kier alpha value is -0.120. The van der Waals surface area contributed by atoms with Crippen LogP contribution in [0, 0.1) is 28.1 Å². The molecule has 0 heterocycles. The molecule has 3 saturated carbocycles. The third-order valence-electron chi connectivity index (χ3n) is 8.57. The molecular weight excluding hydrogens is 288 g/mol. The van der Waals surface area contributed by atoms with Gasteiger partial charge in [0.2, 0.25) is 0 Å². The van der Waals surface area contributed by atoms with Gasteiger partial charge in [0.05, 0.1) is 18.3 Å². The van der Waals surface area contributed by atoms with E-state index in [9.17, 15) is 15.3 Å². The molecule has 3 aliphatic rings. The molecule has 0 radical (unpaired) electrons. The molecule has 0 aromatic heterocycles. The van der Waals surface area contributed by atoms with Gasteiger partial charge >= 0.3 is 0 Å². The summed E-state index contributed by atoms with van der Waals surface area (Å²) in [6.07, 6.45) is 7.83. The van der Waals surface area contributed by atoms with E-state index in [1.807, 2.05) is 0 Å². The second-order valence-electron chi connectivity index (χ2n) is 10.1. The number of hydrogen-bond donors (Lipinski definition) is 3. The Morgan fingerprint density at radius 1 is 1.00 bits per heavy atom. The van der Waals surface area contributed by atoms with E-state index in [-0.39, 0.29) is 22.9 Å². The van der Waals surface area contributed by atoms with Crippen LogP contribution in [-0.4, -0.2) is 33.6 Å². The molecule has 6 unspecified atom stereocenters. The maximum atomic E-state index is 11.6. The largest absolute Gasteiger partial charge is 0.394 e. The molecule has 23 heavy (non-hydrogen) atoms. The third-order valence-corrected chi connectivity index (χ3v) is 8.57. The molecule has 0 spiro atoms. The quantitative estimate of drug-likeness (QED) is 0.728. The van der Waals surface area contributed by atoms with E-state index in [4.69, 9.17) is 0 Å². The maximum absolute atomic E-state index is 11.6. The van der Waals surface area contributed by atoms with Gasteiger partial charge in [-0.1, -0.05) is 34.1 Å². The van der Waals surface area contributed by atoms with Gasteiger partial charge in [-0.3, -0.25) is 0 Å². The molecule has 0 bridgehead atoms. The van der Waals surface area contributed by atoms with E-state index in [1.165, 1.54) is 6.42 Å². The van der Waals surface area contributed by atoms with Crippen LogP contribution in [0.2, 0.25) is 0 Å². The first kappa shape index (κ1) is 17.7. The molecule has 0 aliphatic heterocycles. The number of aliphatic hydroxyl groups excluding tert-OH is 2. The average molecular weight is 325 g/mol. The highest BCUT2D eigenvalue weighted by Gasteiger charge is 2.63. The fraction of sp³-hybridized carbons (Fsp3) is 1.00. The van der Waals surface area contributed by atoms with Crippen LogP contribution >= 0.6 is 0 Å². The Bertz CT molecular complexity index is 462. The summed E-state index contributed by atoms with van der Waals surface area (Å²) in [7, 11) is 0. The van der Waals surface area contributed by atoms with Crippen molar-refractivity contribution >= 4 is 0 Å². The summed E-state index contributed by atoms with van der Waals surface area (Å²) in [5, 5.41) is 31.3. The van der Waals surface area contributed by atoms with Gasteiger partial charge in [0, 0.05) is 0 Å². The van der Waals surface area contributed by atoms with E-state index in [1.54, 1.807) is 0 Å². The van der Waals surface area contributed by atoms with Crippen molar-refractivity contribution in [1.29, 1.82) is 0 Å². The summed E-state index contributed by atoms with van der Waals surface area (Å²) < 4.78 is 0. The van der Waals surface area contributed by atoms with E-state index in [0.717, 1.165) is 44.9 Å². The first-order valence-corrected chi connectivity index (χ1v) is 9.60. The van der Waals surface area contributed by atoms with Crippen LogP contribution in [0.4, 0.5) is 0 Å². The molecule has 3 heteroatoms. The van der Waals surface area contributed by atoms with Gasteiger partial charge < -0.3 is 15.3 Å². The van der Waals surface area contributed by atoms with Gasteiger partial charge in [0.25, 0.3) is 0 Å². The van der Waals surface area contributed by atoms with Crippen LogP contribution in [0.15, 0.2) is 0 Å². The standard InChI is InChI=1S/C20H36O3/c1-17(2)8-5-6-15-19(4)11-10-18(3,16(22)13-21)12-14(19)7-9-20(15,17)23/h14-16,21-23H,5-13H2,1-4H3. The minimum atomic E-state index is -0.615. The Labute approximate surface area is 141 Å². The van der Waals surface area contributed by atoms with Gasteiger partial charge in [0.1, 0.15) is 0 Å². The van der Waals surface area contributed by atoms with Crippen molar-refractivity contribution < 1.29 is 15.3 Å². The second-order valence-corrected chi connectivity index (χ2v) is 10.1. The Morgan fingerprint density at radius 3 is 2.35 bits per heavy atom. The van der Waals surface area contributed by atoms with Crippen LogP contribution in [-0.2, 0) is 0 Å². The third kappa shape index (κ3) is 2.41. The Kier molecular flexibility index (Phi) is 4.18. The van der Waals surface area contributed by atoms with Crippen LogP contribution < -0.4 is 0 Å². The highest BCUT2D eigenvalue weighted by atomic mass is 16.3. The van der Waals surface area contributed by atoms with Crippen LogP contribution in [0.1, 0.15) is 79.1 Å². The normalized spacial score (nSPS) is 50.7. The summed E-state index contributed by atoms with van der Waals surface area (Å²) in [5.41, 5.74) is -0.507. The molecule has 3 aliphatic carbocycles. The van der Waals surface area contributed by atoms with E-state index >= 15 is 0 Å². The van der Waals surface area contributed by atoms with Crippen LogP contribution in [0.25, 0.3) is 0 Å². The molecule has 3 N–H and O–H groups in total. The highest BCUT2D eigenvalue weighted by Crippen LogP contribution is 2.66. The molecule has 3 nitrogen and oxygen atoms in total. The average Bonchev–Trinajstić information content (AvgIpc) is 2.49. The fourth-order valence-corrected chi connectivity index (χ4v) is 6.53. The molecule has 0 aromatic carbocycles. The summed E-state index contributed by atoms with van der Waals surface area (Å²) in [4.78, 5) is 0. The molecule has 134 valence electrons. The molecule has 3 fully saturated rings. The zero-order valence-corrected chi connectivity index (χ0v) is 15.4. The second kappa shape index (κ2) is 5.44. The minimum Gasteiger partial charge on any atom is -0.394 e. The first-order chi connectivity index (χ1) is 10.6. The predicted octanol–water partition coefficient (Wildman–Crippen LogP) is 3.50. The molecule has 0 aromatic rings. The van der Waals surface area contributed by atoms with Gasteiger partial charge in [-0.25, -0.2) is 0 Å². The number of hydrogen-bond acceptors (Lipinski definition) is 3. The molecule has 0 amide bonds. The lowest BCUT2D eigenvalue weighted by Gasteiger charge is -2.65. The lowest BCUT2D eigenvalue weighted by atomic mass is 9.41. The zero-order valence-electron chi connectivity index (χ0n) is 15.4. The van der Waals surface area contributed by atoms with E-state index in [0.29, 0.717) is 11.8 Å². The van der Waals surface area contributed by atoms with E-state index < -0.39 is 11.7 Å².